The molecule has 6 heteroatoms. The van der Waals surface area contributed by atoms with E-state index in [2.05, 4.69) is 51.3 Å². The minimum Gasteiger partial charge on any atom is -0.353 e. The summed E-state index contributed by atoms with van der Waals surface area (Å²) >= 11 is 12.7. The summed E-state index contributed by atoms with van der Waals surface area (Å²) in [6, 6.07) is 16.5. The van der Waals surface area contributed by atoms with E-state index in [1.165, 1.54) is 16.0 Å². The molecule has 3 nitrogen and oxygen atoms in total. The molecule has 0 saturated carbocycles. The van der Waals surface area contributed by atoms with Gasteiger partial charge in [-0.3, -0.25) is 0 Å². The summed E-state index contributed by atoms with van der Waals surface area (Å²) in [6.07, 6.45) is 7.82. The van der Waals surface area contributed by atoms with E-state index in [1.54, 1.807) is 0 Å². The SMILES string of the molecule is S=CNc1ccc(SC(CCc2ccc(Cl)cc2)Cn2ccnc2)cc1. The topological polar surface area (TPSA) is 29.9 Å². The van der Waals surface area contributed by atoms with Crippen LogP contribution in [0.3, 0.4) is 0 Å². The highest BCUT2D eigenvalue weighted by atomic mass is 35.5. The summed E-state index contributed by atoms with van der Waals surface area (Å²) in [7, 11) is 0. The highest BCUT2D eigenvalue weighted by Crippen LogP contribution is 2.29. The van der Waals surface area contributed by atoms with Gasteiger partial charge in [-0.1, -0.05) is 36.0 Å². The van der Waals surface area contributed by atoms with Crippen LogP contribution in [0, 0.1) is 0 Å². The van der Waals surface area contributed by atoms with Crippen LogP contribution < -0.4 is 5.32 Å². The highest BCUT2D eigenvalue weighted by Gasteiger charge is 2.12. The third-order valence-corrected chi connectivity index (χ3v) is 5.66. The lowest BCUT2D eigenvalue weighted by Crippen LogP contribution is -2.13. The van der Waals surface area contributed by atoms with Crippen LogP contribution in [-0.4, -0.2) is 20.3 Å². The molecule has 134 valence electrons. The molecule has 0 bridgehead atoms. The van der Waals surface area contributed by atoms with E-state index in [0.29, 0.717) is 5.25 Å². The molecular weight excluding hydrogens is 382 g/mol. The number of imidazole rings is 1. The van der Waals surface area contributed by atoms with Crippen molar-refractivity contribution < 1.29 is 0 Å². The van der Waals surface area contributed by atoms with E-state index in [-0.39, 0.29) is 0 Å². The van der Waals surface area contributed by atoms with Crippen molar-refractivity contribution in [3.05, 3.63) is 77.8 Å². The molecule has 26 heavy (non-hydrogen) atoms. The summed E-state index contributed by atoms with van der Waals surface area (Å²) in [6.45, 7) is 0.929. The zero-order valence-corrected chi connectivity index (χ0v) is 16.6. The fourth-order valence-electron chi connectivity index (χ4n) is 2.69. The number of hydrogen-bond acceptors (Lipinski definition) is 3. The molecule has 3 rings (SSSR count). The van der Waals surface area contributed by atoms with E-state index in [1.807, 2.05) is 42.6 Å². The maximum Gasteiger partial charge on any atom is 0.0946 e. The van der Waals surface area contributed by atoms with E-state index >= 15 is 0 Å². The molecule has 0 radical (unpaired) electrons. The van der Waals surface area contributed by atoms with Crippen molar-refractivity contribution in [2.45, 2.75) is 29.5 Å². The maximum absolute atomic E-state index is 5.98. The first-order valence-corrected chi connectivity index (χ1v) is 10.1. The minimum atomic E-state index is 0.448. The van der Waals surface area contributed by atoms with Crippen LogP contribution in [0.2, 0.25) is 5.02 Å². The van der Waals surface area contributed by atoms with Crippen LogP contribution in [0.1, 0.15) is 12.0 Å². The zero-order valence-electron chi connectivity index (χ0n) is 14.2. The fraction of sp³-hybridized carbons (Fsp3) is 0.200. The van der Waals surface area contributed by atoms with E-state index in [0.717, 1.165) is 30.1 Å². The van der Waals surface area contributed by atoms with Crippen LogP contribution in [0.25, 0.3) is 0 Å². The van der Waals surface area contributed by atoms with Gasteiger partial charge in [-0.15, -0.1) is 11.8 Å². The van der Waals surface area contributed by atoms with Crippen molar-refractivity contribution in [1.82, 2.24) is 9.55 Å². The van der Waals surface area contributed by atoms with Gasteiger partial charge >= 0.3 is 0 Å². The number of thioether (sulfide) groups is 1. The van der Waals surface area contributed by atoms with E-state index < -0.39 is 0 Å². The van der Waals surface area contributed by atoms with Crippen LogP contribution in [-0.2, 0) is 13.0 Å². The molecular formula is C20H20ClN3S2. The van der Waals surface area contributed by atoms with Crippen LogP contribution in [0.5, 0.6) is 0 Å². The lowest BCUT2D eigenvalue weighted by Gasteiger charge is -2.17. The van der Waals surface area contributed by atoms with Gasteiger partial charge in [-0.25, -0.2) is 4.98 Å². The molecule has 0 spiro atoms. The third-order valence-electron chi connectivity index (χ3n) is 4.02. The molecule has 0 aliphatic heterocycles. The molecule has 1 N–H and O–H groups in total. The first kappa shape index (κ1) is 19.0. The van der Waals surface area contributed by atoms with E-state index in [4.69, 9.17) is 23.8 Å². The molecule has 1 aromatic heterocycles. The zero-order chi connectivity index (χ0) is 18.2. The number of nitrogens with zero attached hydrogens (tertiary/aromatic N) is 2. The van der Waals surface area contributed by atoms with Gasteiger partial charge in [0.2, 0.25) is 0 Å². The number of benzene rings is 2. The van der Waals surface area contributed by atoms with Crippen molar-refractivity contribution in [3.8, 4) is 0 Å². The van der Waals surface area contributed by atoms with Gasteiger partial charge in [0.15, 0.2) is 0 Å². The van der Waals surface area contributed by atoms with Crippen LogP contribution >= 0.6 is 35.6 Å². The van der Waals surface area contributed by atoms with Gasteiger partial charge in [-0.05, 0) is 54.8 Å². The second-order valence-corrected chi connectivity index (χ2v) is 8.00. The smallest absolute Gasteiger partial charge is 0.0946 e. The normalized spacial score (nSPS) is 11.9. The second kappa shape index (κ2) is 9.76. The molecule has 2 aromatic carbocycles. The Morgan fingerprint density at radius 3 is 2.58 bits per heavy atom. The molecule has 0 aliphatic carbocycles. The number of aromatic nitrogens is 2. The summed E-state index contributed by atoms with van der Waals surface area (Å²) in [5.41, 5.74) is 3.85. The average Bonchev–Trinajstić information content (AvgIpc) is 3.16. The Balaban J connectivity index is 1.65. The Morgan fingerprint density at radius 1 is 1.15 bits per heavy atom. The lowest BCUT2D eigenvalue weighted by molar-refractivity contribution is 0.624. The predicted octanol–water partition coefficient (Wildman–Crippen LogP) is 5.70. The number of halogens is 1. The summed E-state index contributed by atoms with van der Waals surface area (Å²) < 4.78 is 2.14. The van der Waals surface area contributed by atoms with Crippen LogP contribution in [0.4, 0.5) is 5.69 Å². The third kappa shape index (κ3) is 5.87. The standard InChI is InChI=1S/C20H20ClN3S2/c21-17-4-1-16(2-5-17)3-8-20(13-24-12-11-22-14-24)26-19-9-6-18(7-10-19)23-15-25/h1-2,4-7,9-12,14-15,20H,3,8,13H2,(H,23,25). The number of anilines is 1. The van der Waals surface area contributed by atoms with Crippen molar-refractivity contribution in [3.63, 3.8) is 0 Å². The number of thiocarbonyl (C=S) groups is 1. The minimum absolute atomic E-state index is 0.448. The number of nitrogens with one attached hydrogen (secondary N) is 1. The van der Waals surface area contributed by atoms with Crippen molar-refractivity contribution in [2.75, 3.05) is 5.32 Å². The monoisotopic (exact) mass is 401 g/mol. The molecule has 1 atom stereocenters. The lowest BCUT2D eigenvalue weighted by atomic mass is 10.1. The van der Waals surface area contributed by atoms with Gasteiger partial charge < -0.3 is 9.88 Å². The van der Waals surface area contributed by atoms with Crippen molar-refractivity contribution in [2.24, 2.45) is 0 Å². The van der Waals surface area contributed by atoms with Crippen molar-refractivity contribution >= 4 is 46.8 Å². The largest absolute Gasteiger partial charge is 0.353 e. The summed E-state index contributed by atoms with van der Waals surface area (Å²) in [4.78, 5) is 5.41. The number of rotatable bonds is 9. The Bertz CT molecular complexity index is 802. The molecule has 0 fully saturated rings. The van der Waals surface area contributed by atoms with E-state index in [9.17, 15) is 0 Å². The molecule has 1 heterocycles. The van der Waals surface area contributed by atoms with Gasteiger partial charge in [-0.2, -0.15) is 0 Å². The van der Waals surface area contributed by atoms with Gasteiger partial charge in [0.05, 0.1) is 11.8 Å². The Hall–Kier alpha value is -1.82. The molecule has 0 saturated heterocycles. The Labute approximate surface area is 168 Å². The first-order chi connectivity index (χ1) is 12.7. The van der Waals surface area contributed by atoms with Crippen LogP contribution in [0.15, 0.2) is 72.1 Å². The average molecular weight is 402 g/mol. The quantitative estimate of drug-likeness (QED) is 0.368. The Morgan fingerprint density at radius 2 is 1.92 bits per heavy atom. The number of hydrogen-bond donors (Lipinski definition) is 1. The summed E-state index contributed by atoms with van der Waals surface area (Å²) in [5.74, 6) is 0. The molecule has 1 unspecified atom stereocenters. The highest BCUT2D eigenvalue weighted by molar-refractivity contribution is 8.00. The second-order valence-electron chi connectivity index (χ2n) is 5.95. The number of aryl methyl sites for hydroxylation is 1. The predicted molar refractivity (Wildman–Crippen MR) is 115 cm³/mol. The fourth-order valence-corrected chi connectivity index (χ4v) is 4.11. The molecule has 0 aliphatic rings. The Kier molecular flexibility index (Phi) is 7.12. The van der Waals surface area contributed by atoms with Crippen molar-refractivity contribution in [1.29, 1.82) is 0 Å². The molecule has 3 aromatic rings. The summed E-state index contributed by atoms with van der Waals surface area (Å²) in [5, 5.41) is 4.26. The maximum atomic E-state index is 5.98. The first-order valence-electron chi connectivity index (χ1n) is 8.40. The van der Waals surface area contributed by atoms with Gasteiger partial charge in [0.25, 0.3) is 0 Å². The molecule has 0 amide bonds. The van der Waals surface area contributed by atoms with Gasteiger partial charge in [0, 0.05) is 39.8 Å². The van der Waals surface area contributed by atoms with Gasteiger partial charge in [0.1, 0.15) is 0 Å².